The van der Waals surface area contributed by atoms with E-state index in [4.69, 9.17) is 5.26 Å². The van der Waals surface area contributed by atoms with Crippen LogP contribution in [0.15, 0.2) is 42.5 Å². The fourth-order valence-electron chi connectivity index (χ4n) is 2.16. The van der Waals surface area contributed by atoms with Gasteiger partial charge in [0.25, 0.3) is 0 Å². The Morgan fingerprint density at radius 3 is 2.40 bits per heavy atom. The molecule has 2 rings (SSSR count). The number of nitrogens with zero attached hydrogens (tertiary/aromatic N) is 2. The molecular formula is C17H17FN2. The molecule has 0 radical (unpaired) electrons. The first kappa shape index (κ1) is 14.1. The van der Waals surface area contributed by atoms with Gasteiger partial charge in [-0.15, -0.1) is 0 Å². The number of halogens is 1. The van der Waals surface area contributed by atoms with Crippen LogP contribution in [0, 0.1) is 17.1 Å². The number of aryl methyl sites for hydroxylation is 1. The second kappa shape index (κ2) is 6.21. The van der Waals surface area contributed by atoms with E-state index >= 15 is 0 Å². The Bertz CT molecular complexity index is 626. The summed E-state index contributed by atoms with van der Waals surface area (Å²) in [5, 5.41) is 8.87. The van der Waals surface area contributed by atoms with Crippen molar-refractivity contribution >= 4 is 5.69 Å². The molecule has 0 heterocycles. The van der Waals surface area contributed by atoms with E-state index in [9.17, 15) is 4.39 Å². The number of nitriles is 1. The molecule has 0 atom stereocenters. The quantitative estimate of drug-likeness (QED) is 0.841. The predicted molar refractivity (Wildman–Crippen MR) is 79.0 cm³/mol. The van der Waals surface area contributed by atoms with E-state index in [1.54, 1.807) is 6.07 Å². The zero-order valence-electron chi connectivity index (χ0n) is 11.7. The van der Waals surface area contributed by atoms with Crippen molar-refractivity contribution in [3.63, 3.8) is 0 Å². The molecule has 0 bridgehead atoms. The molecule has 2 aromatic rings. The average Bonchev–Trinajstić information content (AvgIpc) is 2.46. The molecule has 0 saturated carbocycles. The summed E-state index contributed by atoms with van der Waals surface area (Å²) in [7, 11) is 1.96. The summed E-state index contributed by atoms with van der Waals surface area (Å²) >= 11 is 0. The number of anilines is 1. The molecule has 0 fully saturated rings. The maximum absolute atomic E-state index is 13.4. The standard InChI is InChI=1S/C17H17FN2/c1-3-13-4-6-17(7-5-13)20(2)12-15-8-14(11-19)9-16(18)10-15/h4-10H,3,12H2,1-2H3. The summed E-state index contributed by atoms with van der Waals surface area (Å²) in [6, 6.07) is 14.7. The Labute approximate surface area is 119 Å². The SMILES string of the molecule is CCc1ccc(N(C)Cc2cc(F)cc(C#N)c2)cc1. The predicted octanol–water partition coefficient (Wildman–Crippen LogP) is 3.90. The van der Waals surface area contributed by atoms with E-state index in [1.165, 1.54) is 17.7 Å². The Kier molecular flexibility index (Phi) is 4.37. The van der Waals surface area contributed by atoms with Gasteiger partial charge in [0, 0.05) is 19.3 Å². The van der Waals surface area contributed by atoms with Gasteiger partial charge in [-0.25, -0.2) is 4.39 Å². The third kappa shape index (κ3) is 3.36. The minimum Gasteiger partial charge on any atom is -0.370 e. The van der Waals surface area contributed by atoms with Gasteiger partial charge in [0.15, 0.2) is 0 Å². The van der Waals surface area contributed by atoms with Crippen LogP contribution in [-0.2, 0) is 13.0 Å². The van der Waals surface area contributed by atoms with Gasteiger partial charge in [0.05, 0.1) is 11.6 Å². The summed E-state index contributed by atoms with van der Waals surface area (Å²) in [5.74, 6) is -0.367. The van der Waals surface area contributed by atoms with E-state index < -0.39 is 0 Å². The van der Waals surface area contributed by atoms with Crippen molar-refractivity contribution in [3.8, 4) is 6.07 Å². The van der Waals surface area contributed by atoms with Crippen molar-refractivity contribution in [1.29, 1.82) is 5.26 Å². The van der Waals surface area contributed by atoms with Gasteiger partial charge in [-0.3, -0.25) is 0 Å². The van der Waals surface area contributed by atoms with E-state index in [0.29, 0.717) is 12.1 Å². The highest BCUT2D eigenvalue weighted by Gasteiger charge is 2.05. The number of hydrogen-bond donors (Lipinski definition) is 0. The molecular weight excluding hydrogens is 251 g/mol. The summed E-state index contributed by atoms with van der Waals surface area (Å²) in [5.41, 5.74) is 3.52. The molecule has 2 aromatic carbocycles. The van der Waals surface area contributed by atoms with Crippen LogP contribution in [0.1, 0.15) is 23.6 Å². The fraction of sp³-hybridized carbons (Fsp3) is 0.235. The van der Waals surface area contributed by atoms with Crippen LogP contribution in [0.5, 0.6) is 0 Å². The van der Waals surface area contributed by atoms with Crippen molar-refractivity contribution in [2.45, 2.75) is 19.9 Å². The second-order valence-corrected chi connectivity index (χ2v) is 4.84. The van der Waals surface area contributed by atoms with Gasteiger partial charge in [0.1, 0.15) is 5.82 Å². The molecule has 0 saturated heterocycles. The molecule has 102 valence electrons. The minimum atomic E-state index is -0.367. The van der Waals surface area contributed by atoms with Crippen LogP contribution in [0.3, 0.4) is 0 Å². The van der Waals surface area contributed by atoms with Gasteiger partial charge in [-0.2, -0.15) is 5.26 Å². The zero-order chi connectivity index (χ0) is 14.5. The Morgan fingerprint density at radius 1 is 1.10 bits per heavy atom. The molecule has 0 aliphatic rings. The van der Waals surface area contributed by atoms with Crippen LogP contribution in [0.2, 0.25) is 0 Å². The van der Waals surface area contributed by atoms with Crippen LogP contribution in [-0.4, -0.2) is 7.05 Å². The van der Waals surface area contributed by atoms with Gasteiger partial charge in [0.2, 0.25) is 0 Å². The van der Waals surface area contributed by atoms with Gasteiger partial charge in [-0.05, 0) is 47.9 Å². The molecule has 0 aliphatic heterocycles. The molecule has 0 aromatic heterocycles. The lowest BCUT2D eigenvalue weighted by atomic mass is 10.1. The van der Waals surface area contributed by atoms with Crippen molar-refractivity contribution in [3.05, 3.63) is 65.0 Å². The first-order chi connectivity index (χ1) is 9.62. The average molecular weight is 268 g/mol. The number of rotatable bonds is 4. The third-order valence-corrected chi connectivity index (χ3v) is 3.29. The highest BCUT2D eigenvalue weighted by Crippen LogP contribution is 2.18. The van der Waals surface area contributed by atoms with Crippen LogP contribution in [0.4, 0.5) is 10.1 Å². The number of benzene rings is 2. The summed E-state index contributed by atoms with van der Waals surface area (Å²) in [6.07, 6.45) is 1.01. The van der Waals surface area contributed by atoms with Crippen LogP contribution >= 0.6 is 0 Å². The molecule has 2 nitrogen and oxygen atoms in total. The monoisotopic (exact) mass is 268 g/mol. The maximum Gasteiger partial charge on any atom is 0.124 e. The van der Waals surface area contributed by atoms with Gasteiger partial charge < -0.3 is 4.90 Å². The summed E-state index contributed by atoms with van der Waals surface area (Å²) in [6.45, 7) is 2.69. The largest absolute Gasteiger partial charge is 0.370 e. The lowest BCUT2D eigenvalue weighted by Gasteiger charge is -2.20. The normalized spacial score (nSPS) is 10.1. The van der Waals surface area contributed by atoms with E-state index in [-0.39, 0.29) is 5.82 Å². The minimum absolute atomic E-state index is 0.356. The molecule has 0 aliphatic carbocycles. The molecule has 0 N–H and O–H groups in total. The lowest BCUT2D eigenvalue weighted by molar-refractivity contribution is 0.624. The Morgan fingerprint density at radius 2 is 1.80 bits per heavy atom. The van der Waals surface area contributed by atoms with E-state index in [2.05, 4.69) is 31.2 Å². The van der Waals surface area contributed by atoms with Crippen molar-refractivity contribution in [1.82, 2.24) is 0 Å². The maximum atomic E-state index is 13.4. The van der Waals surface area contributed by atoms with Crippen LogP contribution < -0.4 is 4.90 Å². The number of hydrogen-bond acceptors (Lipinski definition) is 2. The van der Waals surface area contributed by atoms with Crippen molar-refractivity contribution < 1.29 is 4.39 Å². The van der Waals surface area contributed by atoms with Crippen LogP contribution in [0.25, 0.3) is 0 Å². The Hall–Kier alpha value is -2.34. The van der Waals surface area contributed by atoms with Gasteiger partial charge in [-0.1, -0.05) is 19.1 Å². The van der Waals surface area contributed by atoms with Crippen molar-refractivity contribution in [2.24, 2.45) is 0 Å². The molecule has 0 spiro atoms. The second-order valence-electron chi connectivity index (χ2n) is 4.84. The molecule has 20 heavy (non-hydrogen) atoms. The smallest absolute Gasteiger partial charge is 0.124 e. The molecule has 0 amide bonds. The zero-order valence-corrected chi connectivity index (χ0v) is 11.7. The first-order valence-corrected chi connectivity index (χ1v) is 6.62. The first-order valence-electron chi connectivity index (χ1n) is 6.62. The van der Waals surface area contributed by atoms with E-state index in [1.807, 2.05) is 18.0 Å². The van der Waals surface area contributed by atoms with Gasteiger partial charge >= 0.3 is 0 Å². The van der Waals surface area contributed by atoms with E-state index in [0.717, 1.165) is 17.7 Å². The molecule has 3 heteroatoms. The molecule has 0 unspecified atom stereocenters. The fourth-order valence-corrected chi connectivity index (χ4v) is 2.16. The highest BCUT2D eigenvalue weighted by molar-refractivity contribution is 5.48. The lowest BCUT2D eigenvalue weighted by Crippen LogP contribution is -2.16. The summed E-state index contributed by atoms with van der Waals surface area (Å²) < 4.78 is 13.4. The van der Waals surface area contributed by atoms with Crippen molar-refractivity contribution in [2.75, 3.05) is 11.9 Å². The Balaban J connectivity index is 2.16. The topological polar surface area (TPSA) is 27.0 Å². The highest BCUT2D eigenvalue weighted by atomic mass is 19.1. The third-order valence-electron chi connectivity index (χ3n) is 3.29. The summed E-state index contributed by atoms with van der Waals surface area (Å²) in [4.78, 5) is 2.04.